The molecular weight excluding hydrogens is 307 g/mol. The number of hydrogen-bond acceptors (Lipinski definition) is 2. The van der Waals surface area contributed by atoms with Gasteiger partial charge in [-0.1, -0.05) is 12.1 Å². The molecule has 0 saturated carbocycles. The summed E-state index contributed by atoms with van der Waals surface area (Å²) in [7, 11) is 0. The molecule has 1 saturated heterocycles. The van der Waals surface area contributed by atoms with Crippen LogP contribution in [-0.2, 0) is 4.79 Å². The zero-order chi connectivity index (χ0) is 17.1. The van der Waals surface area contributed by atoms with E-state index in [9.17, 15) is 14.0 Å². The van der Waals surface area contributed by atoms with Crippen molar-refractivity contribution in [3.8, 4) is 0 Å². The van der Waals surface area contributed by atoms with Crippen molar-refractivity contribution in [1.82, 2.24) is 4.90 Å². The van der Waals surface area contributed by atoms with Crippen LogP contribution in [0.4, 0.5) is 10.1 Å². The van der Waals surface area contributed by atoms with Gasteiger partial charge in [-0.2, -0.15) is 0 Å². The Morgan fingerprint density at radius 3 is 2.38 bits per heavy atom. The molecule has 1 unspecified atom stereocenters. The minimum atomic E-state index is -0.275. The van der Waals surface area contributed by atoms with Crippen molar-refractivity contribution in [1.29, 1.82) is 0 Å². The van der Waals surface area contributed by atoms with Gasteiger partial charge in [-0.25, -0.2) is 4.39 Å². The van der Waals surface area contributed by atoms with Gasteiger partial charge in [0, 0.05) is 24.7 Å². The lowest BCUT2D eigenvalue weighted by molar-refractivity contribution is -0.114. The third kappa shape index (κ3) is 3.45. The van der Waals surface area contributed by atoms with Gasteiger partial charge in [0.2, 0.25) is 5.91 Å². The molecule has 1 atom stereocenters. The summed E-state index contributed by atoms with van der Waals surface area (Å²) in [6, 6.07) is 13.2. The molecule has 1 aliphatic rings. The van der Waals surface area contributed by atoms with Crippen molar-refractivity contribution in [3.63, 3.8) is 0 Å². The quantitative estimate of drug-likeness (QED) is 0.933. The number of benzene rings is 2. The van der Waals surface area contributed by atoms with E-state index in [2.05, 4.69) is 5.32 Å². The normalized spacial score (nSPS) is 16.9. The topological polar surface area (TPSA) is 49.4 Å². The first-order valence-electron chi connectivity index (χ1n) is 7.98. The third-order valence-electron chi connectivity index (χ3n) is 4.22. The summed E-state index contributed by atoms with van der Waals surface area (Å²) < 4.78 is 13.1. The van der Waals surface area contributed by atoms with Crippen molar-refractivity contribution >= 4 is 17.5 Å². The molecule has 0 aromatic heterocycles. The molecule has 24 heavy (non-hydrogen) atoms. The van der Waals surface area contributed by atoms with E-state index in [1.165, 1.54) is 19.1 Å². The molecule has 5 heteroatoms. The SMILES string of the molecule is CC(=O)Nc1ccc(C(=O)N2CCCC2c2ccc(F)cc2)cc1. The molecule has 3 rings (SSSR count). The number of nitrogens with zero attached hydrogens (tertiary/aromatic N) is 1. The lowest BCUT2D eigenvalue weighted by Gasteiger charge is -2.25. The van der Waals surface area contributed by atoms with E-state index in [0.717, 1.165) is 18.4 Å². The Morgan fingerprint density at radius 2 is 1.75 bits per heavy atom. The van der Waals surface area contributed by atoms with Crippen LogP contribution < -0.4 is 5.32 Å². The van der Waals surface area contributed by atoms with Gasteiger partial charge in [0.05, 0.1) is 6.04 Å². The Kier molecular flexibility index (Phi) is 4.60. The van der Waals surface area contributed by atoms with Gasteiger partial charge in [-0.15, -0.1) is 0 Å². The van der Waals surface area contributed by atoms with Crippen LogP contribution in [0.15, 0.2) is 48.5 Å². The first kappa shape index (κ1) is 16.2. The van der Waals surface area contributed by atoms with Crippen LogP contribution in [0.25, 0.3) is 0 Å². The van der Waals surface area contributed by atoms with Gasteiger partial charge in [0.15, 0.2) is 0 Å². The molecule has 1 N–H and O–H groups in total. The first-order chi connectivity index (χ1) is 11.5. The summed E-state index contributed by atoms with van der Waals surface area (Å²) in [5.41, 5.74) is 2.20. The molecular formula is C19H19FN2O2. The summed E-state index contributed by atoms with van der Waals surface area (Å²) in [4.78, 5) is 25.7. The average molecular weight is 326 g/mol. The van der Waals surface area contributed by atoms with Crippen molar-refractivity contribution in [2.75, 3.05) is 11.9 Å². The van der Waals surface area contributed by atoms with Crippen LogP contribution in [0, 0.1) is 5.82 Å². The second-order valence-corrected chi connectivity index (χ2v) is 5.97. The largest absolute Gasteiger partial charge is 0.332 e. The number of likely N-dealkylation sites (tertiary alicyclic amines) is 1. The summed E-state index contributed by atoms with van der Waals surface area (Å²) in [6.07, 6.45) is 1.80. The van der Waals surface area contributed by atoms with Crippen LogP contribution in [0.1, 0.15) is 41.7 Å². The molecule has 2 aromatic carbocycles. The van der Waals surface area contributed by atoms with E-state index in [4.69, 9.17) is 0 Å². The number of carbonyl (C=O) groups is 2. The van der Waals surface area contributed by atoms with Crippen LogP contribution >= 0.6 is 0 Å². The summed E-state index contributed by atoms with van der Waals surface area (Å²) >= 11 is 0. The van der Waals surface area contributed by atoms with Gasteiger partial charge < -0.3 is 10.2 Å². The maximum Gasteiger partial charge on any atom is 0.254 e. The molecule has 0 bridgehead atoms. The van der Waals surface area contributed by atoms with Gasteiger partial charge >= 0.3 is 0 Å². The highest BCUT2D eigenvalue weighted by Gasteiger charge is 2.30. The van der Waals surface area contributed by atoms with E-state index in [0.29, 0.717) is 17.8 Å². The molecule has 0 radical (unpaired) electrons. The molecule has 0 aliphatic carbocycles. The molecule has 2 amide bonds. The van der Waals surface area contributed by atoms with E-state index in [1.807, 2.05) is 4.90 Å². The lowest BCUT2D eigenvalue weighted by Crippen LogP contribution is -2.30. The Labute approximate surface area is 140 Å². The smallest absolute Gasteiger partial charge is 0.254 e. The fourth-order valence-corrected chi connectivity index (χ4v) is 3.11. The zero-order valence-electron chi connectivity index (χ0n) is 13.5. The number of halogens is 1. The van der Waals surface area contributed by atoms with E-state index >= 15 is 0 Å². The molecule has 0 spiro atoms. The van der Waals surface area contributed by atoms with Gasteiger partial charge in [0.1, 0.15) is 5.82 Å². The molecule has 1 fully saturated rings. The highest BCUT2D eigenvalue weighted by atomic mass is 19.1. The molecule has 124 valence electrons. The maximum absolute atomic E-state index is 13.1. The highest BCUT2D eigenvalue weighted by molar-refractivity contribution is 5.96. The Bertz CT molecular complexity index is 741. The fourth-order valence-electron chi connectivity index (χ4n) is 3.11. The van der Waals surface area contributed by atoms with E-state index in [1.54, 1.807) is 36.4 Å². The van der Waals surface area contributed by atoms with Crippen LogP contribution in [-0.4, -0.2) is 23.3 Å². The summed E-state index contributed by atoms with van der Waals surface area (Å²) in [5.74, 6) is -0.468. The van der Waals surface area contributed by atoms with Crippen LogP contribution in [0.5, 0.6) is 0 Å². The molecule has 1 aliphatic heterocycles. The average Bonchev–Trinajstić information content (AvgIpc) is 3.04. The van der Waals surface area contributed by atoms with Gasteiger partial charge in [0.25, 0.3) is 5.91 Å². The number of anilines is 1. The number of carbonyl (C=O) groups excluding carboxylic acids is 2. The number of amides is 2. The number of rotatable bonds is 3. The highest BCUT2D eigenvalue weighted by Crippen LogP contribution is 2.33. The minimum absolute atomic E-state index is 0.0203. The van der Waals surface area contributed by atoms with Crippen molar-refractivity contribution < 1.29 is 14.0 Å². The Hall–Kier alpha value is -2.69. The van der Waals surface area contributed by atoms with Crippen LogP contribution in [0.3, 0.4) is 0 Å². The Balaban J connectivity index is 1.78. The van der Waals surface area contributed by atoms with E-state index < -0.39 is 0 Å². The van der Waals surface area contributed by atoms with E-state index in [-0.39, 0.29) is 23.7 Å². The number of hydrogen-bond donors (Lipinski definition) is 1. The maximum atomic E-state index is 13.1. The minimum Gasteiger partial charge on any atom is -0.332 e. The van der Waals surface area contributed by atoms with Gasteiger partial charge in [-0.3, -0.25) is 9.59 Å². The van der Waals surface area contributed by atoms with Crippen molar-refractivity contribution in [3.05, 3.63) is 65.5 Å². The molecule has 1 heterocycles. The van der Waals surface area contributed by atoms with Gasteiger partial charge in [-0.05, 0) is 54.8 Å². The Morgan fingerprint density at radius 1 is 1.08 bits per heavy atom. The second-order valence-electron chi connectivity index (χ2n) is 5.97. The predicted octanol–water partition coefficient (Wildman–Crippen LogP) is 3.76. The predicted molar refractivity (Wildman–Crippen MR) is 90.2 cm³/mol. The lowest BCUT2D eigenvalue weighted by atomic mass is 10.0. The summed E-state index contributed by atoms with van der Waals surface area (Å²) in [5, 5.41) is 2.68. The zero-order valence-corrected chi connectivity index (χ0v) is 13.5. The molecule has 4 nitrogen and oxygen atoms in total. The molecule has 2 aromatic rings. The van der Waals surface area contributed by atoms with Crippen LogP contribution in [0.2, 0.25) is 0 Å². The fraction of sp³-hybridized carbons (Fsp3) is 0.263. The first-order valence-corrected chi connectivity index (χ1v) is 7.98. The second kappa shape index (κ2) is 6.83. The number of nitrogens with one attached hydrogen (secondary N) is 1. The van der Waals surface area contributed by atoms with Crippen molar-refractivity contribution in [2.45, 2.75) is 25.8 Å². The monoisotopic (exact) mass is 326 g/mol. The summed E-state index contributed by atoms with van der Waals surface area (Å²) in [6.45, 7) is 2.13. The third-order valence-corrected chi connectivity index (χ3v) is 4.22. The standard InChI is InChI=1S/C19H19FN2O2/c1-13(23)21-17-10-6-15(7-11-17)19(24)22-12-2-3-18(22)14-4-8-16(20)9-5-14/h4-11,18H,2-3,12H2,1H3,(H,21,23). The van der Waals surface area contributed by atoms with Crippen molar-refractivity contribution in [2.24, 2.45) is 0 Å².